The Morgan fingerprint density at radius 2 is 2.25 bits per heavy atom. The van der Waals surface area contributed by atoms with Gasteiger partial charge >= 0.3 is 0 Å². The van der Waals surface area contributed by atoms with E-state index in [4.69, 9.17) is 10.7 Å². The lowest BCUT2D eigenvalue weighted by atomic mass is 9.93. The van der Waals surface area contributed by atoms with Crippen LogP contribution in [0.15, 0.2) is 54.1 Å². The minimum Gasteiger partial charge on any atom is -0.384 e. The molecule has 0 amide bonds. The number of nitrogens with one attached hydrogen (secondary N) is 1. The molecule has 7 heteroatoms. The third kappa shape index (κ3) is 3.64. The summed E-state index contributed by atoms with van der Waals surface area (Å²) in [5.41, 5.74) is 9.31. The molecule has 144 valence electrons. The van der Waals surface area contributed by atoms with Gasteiger partial charge in [0.15, 0.2) is 11.6 Å². The number of hydrogen-bond donors (Lipinski definition) is 2. The van der Waals surface area contributed by atoms with Crippen LogP contribution in [-0.4, -0.2) is 28.0 Å². The van der Waals surface area contributed by atoms with Crippen LogP contribution in [-0.2, 0) is 4.79 Å². The summed E-state index contributed by atoms with van der Waals surface area (Å²) in [7, 11) is 0. The summed E-state index contributed by atoms with van der Waals surface area (Å²) in [5, 5.41) is 10.00. The zero-order chi connectivity index (χ0) is 20.3. The fraction of sp³-hybridized carbons (Fsp3) is 0.238. The van der Waals surface area contributed by atoms with E-state index in [0.29, 0.717) is 18.1 Å². The molecule has 3 rings (SSSR count). The summed E-state index contributed by atoms with van der Waals surface area (Å²) < 4.78 is 0. The van der Waals surface area contributed by atoms with Gasteiger partial charge in [-0.05, 0) is 25.5 Å². The molecular weight excluding hydrogens is 352 g/mol. The smallest absolute Gasteiger partial charge is 0.161 e. The van der Waals surface area contributed by atoms with Crippen molar-refractivity contribution in [3.05, 3.63) is 54.5 Å². The number of dihydropyridines is 1. The standard InChI is InChI=1S/C21H24N6O/c1-5-19(28)18-8-13(4)16(12-23-18)15-9-14-11-24-20(22)10-17(14)26-21(15)27(7-3)25-6-2/h6-12,18,23H,3,5H2,1-2,4H3,(H2,22,24)/b25-6-. The molecule has 1 atom stereocenters. The van der Waals surface area contributed by atoms with E-state index in [-0.39, 0.29) is 11.8 Å². The number of fused-ring (bicyclic) bond motifs is 1. The van der Waals surface area contributed by atoms with Crippen molar-refractivity contribution in [3.63, 3.8) is 0 Å². The molecule has 1 aliphatic rings. The largest absolute Gasteiger partial charge is 0.384 e. The van der Waals surface area contributed by atoms with Gasteiger partial charge in [0.05, 0.1) is 5.52 Å². The van der Waals surface area contributed by atoms with Crippen molar-refractivity contribution in [2.24, 2.45) is 5.10 Å². The zero-order valence-corrected chi connectivity index (χ0v) is 16.3. The van der Waals surface area contributed by atoms with Crippen molar-refractivity contribution in [1.29, 1.82) is 0 Å². The van der Waals surface area contributed by atoms with Gasteiger partial charge in [-0.2, -0.15) is 5.10 Å². The van der Waals surface area contributed by atoms with Gasteiger partial charge in [0.1, 0.15) is 11.9 Å². The van der Waals surface area contributed by atoms with Crippen LogP contribution in [0, 0.1) is 0 Å². The van der Waals surface area contributed by atoms with Crippen molar-refractivity contribution in [3.8, 4) is 0 Å². The Kier molecular flexibility index (Phi) is 5.54. The highest BCUT2D eigenvalue weighted by molar-refractivity contribution is 5.95. The molecule has 0 saturated heterocycles. The number of hydrogen-bond acceptors (Lipinski definition) is 7. The molecule has 1 unspecified atom stereocenters. The average molecular weight is 376 g/mol. The van der Waals surface area contributed by atoms with Crippen LogP contribution in [0.25, 0.3) is 16.5 Å². The lowest BCUT2D eigenvalue weighted by molar-refractivity contribution is -0.119. The molecule has 2 aromatic heterocycles. The number of rotatable bonds is 6. The SMILES string of the molecule is C=CN(/N=C\C)c1nc2cc(N)ncc2cc1C1=CNC(C(=O)CC)C=C1C. The summed E-state index contributed by atoms with van der Waals surface area (Å²) in [6.07, 6.45) is 9.26. The first kappa shape index (κ1) is 19.3. The normalized spacial score (nSPS) is 16.5. The van der Waals surface area contributed by atoms with E-state index in [1.165, 1.54) is 0 Å². The van der Waals surface area contributed by atoms with Crippen LogP contribution in [0.1, 0.15) is 32.8 Å². The lowest BCUT2D eigenvalue weighted by Crippen LogP contribution is -2.33. The summed E-state index contributed by atoms with van der Waals surface area (Å²) >= 11 is 0. The Labute approximate surface area is 164 Å². The fourth-order valence-corrected chi connectivity index (χ4v) is 3.13. The van der Waals surface area contributed by atoms with Crippen LogP contribution in [0.3, 0.4) is 0 Å². The number of nitrogens with zero attached hydrogens (tertiary/aromatic N) is 4. The number of nitrogen functional groups attached to an aromatic ring is 1. The Bertz CT molecular complexity index is 1020. The second-order valence-corrected chi connectivity index (χ2v) is 6.43. The molecule has 7 nitrogen and oxygen atoms in total. The van der Waals surface area contributed by atoms with E-state index in [9.17, 15) is 4.79 Å². The molecule has 0 saturated carbocycles. The number of carbonyl (C=O) groups is 1. The first-order valence-electron chi connectivity index (χ1n) is 9.13. The van der Waals surface area contributed by atoms with Crippen LogP contribution < -0.4 is 16.1 Å². The summed E-state index contributed by atoms with van der Waals surface area (Å²) in [5.74, 6) is 1.17. The van der Waals surface area contributed by atoms with Crippen molar-refractivity contribution in [2.45, 2.75) is 33.2 Å². The highest BCUT2D eigenvalue weighted by Gasteiger charge is 2.22. The quantitative estimate of drug-likeness (QED) is 0.592. The van der Waals surface area contributed by atoms with Crippen LogP contribution >= 0.6 is 0 Å². The third-order valence-corrected chi connectivity index (χ3v) is 4.56. The number of allylic oxidation sites excluding steroid dienone is 2. The monoisotopic (exact) mass is 376 g/mol. The van der Waals surface area contributed by atoms with Crippen molar-refractivity contribution in [1.82, 2.24) is 15.3 Å². The highest BCUT2D eigenvalue weighted by Crippen LogP contribution is 2.34. The molecule has 28 heavy (non-hydrogen) atoms. The highest BCUT2D eigenvalue weighted by atomic mass is 16.1. The van der Waals surface area contributed by atoms with E-state index in [1.54, 1.807) is 29.7 Å². The Morgan fingerprint density at radius 1 is 1.46 bits per heavy atom. The third-order valence-electron chi connectivity index (χ3n) is 4.56. The van der Waals surface area contributed by atoms with Gasteiger partial charge in [-0.15, -0.1) is 0 Å². The number of hydrazone groups is 1. The number of anilines is 2. The van der Waals surface area contributed by atoms with Gasteiger partial charge in [0.2, 0.25) is 0 Å². The molecule has 3 heterocycles. The predicted molar refractivity (Wildman–Crippen MR) is 115 cm³/mol. The van der Waals surface area contributed by atoms with E-state index in [2.05, 4.69) is 22.0 Å². The summed E-state index contributed by atoms with van der Waals surface area (Å²) in [6.45, 7) is 9.52. The topological polar surface area (TPSA) is 96.5 Å². The second kappa shape index (κ2) is 8.04. The zero-order valence-electron chi connectivity index (χ0n) is 16.3. The number of aromatic nitrogens is 2. The van der Waals surface area contributed by atoms with Crippen molar-refractivity contribution < 1.29 is 4.79 Å². The molecule has 0 bridgehead atoms. The maximum atomic E-state index is 12.1. The van der Waals surface area contributed by atoms with E-state index >= 15 is 0 Å². The Hall–Kier alpha value is -3.48. The van der Waals surface area contributed by atoms with E-state index in [1.807, 2.05) is 39.1 Å². The molecule has 1 aliphatic heterocycles. The minimum absolute atomic E-state index is 0.148. The lowest BCUT2D eigenvalue weighted by Gasteiger charge is -2.24. The van der Waals surface area contributed by atoms with Gasteiger partial charge in [0, 0.05) is 53.8 Å². The van der Waals surface area contributed by atoms with Crippen molar-refractivity contribution >= 4 is 40.1 Å². The summed E-state index contributed by atoms with van der Waals surface area (Å²) in [4.78, 5) is 21.0. The molecule has 0 radical (unpaired) electrons. The van der Waals surface area contributed by atoms with Crippen LogP contribution in [0.4, 0.5) is 11.6 Å². The van der Waals surface area contributed by atoms with Crippen LogP contribution in [0.2, 0.25) is 0 Å². The number of pyridine rings is 2. The van der Waals surface area contributed by atoms with Gasteiger partial charge in [-0.25, -0.2) is 15.0 Å². The van der Waals surface area contributed by atoms with Crippen molar-refractivity contribution in [2.75, 3.05) is 10.7 Å². The molecular formula is C21H24N6O. The van der Waals surface area contributed by atoms with E-state index < -0.39 is 0 Å². The number of nitrogens with two attached hydrogens (primary N) is 1. The van der Waals surface area contributed by atoms with E-state index in [0.717, 1.165) is 27.6 Å². The number of Topliss-reactive ketones (excluding diaryl/α,β-unsaturated/α-hetero) is 1. The minimum atomic E-state index is -0.309. The Morgan fingerprint density at radius 3 is 2.89 bits per heavy atom. The molecule has 0 aliphatic carbocycles. The fourth-order valence-electron chi connectivity index (χ4n) is 3.13. The number of carbonyl (C=O) groups excluding carboxylic acids is 1. The first-order valence-corrected chi connectivity index (χ1v) is 9.13. The number of ketones is 1. The molecule has 2 aromatic rings. The molecule has 0 spiro atoms. The predicted octanol–water partition coefficient (Wildman–Crippen LogP) is 3.41. The van der Waals surface area contributed by atoms with Gasteiger partial charge in [-0.1, -0.05) is 19.6 Å². The molecule has 0 fully saturated rings. The van der Waals surface area contributed by atoms with Gasteiger partial charge in [0.25, 0.3) is 0 Å². The van der Waals surface area contributed by atoms with Gasteiger partial charge in [-0.3, -0.25) is 4.79 Å². The first-order chi connectivity index (χ1) is 13.5. The molecule has 3 N–H and O–H groups in total. The van der Waals surface area contributed by atoms with Crippen LogP contribution in [0.5, 0.6) is 0 Å². The Balaban J connectivity index is 2.17. The second-order valence-electron chi connectivity index (χ2n) is 6.43. The summed E-state index contributed by atoms with van der Waals surface area (Å²) in [6, 6.07) is 3.42. The molecule has 0 aromatic carbocycles. The maximum Gasteiger partial charge on any atom is 0.161 e. The average Bonchev–Trinajstić information content (AvgIpc) is 2.70. The van der Waals surface area contributed by atoms with Gasteiger partial charge < -0.3 is 11.1 Å². The maximum absolute atomic E-state index is 12.1.